The van der Waals surface area contributed by atoms with Crippen molar-refractivity contribution in [2.45, 2.75) is 4.90 Å². The largest absolute Gasteiger partial charge is 1.00 e. The van der Waals surface area contributed by atoms with Crippen LogP contribution in [-0.4, -0.2) is 13.4 Å². The predicted molar refractivity (Wildman–Crippen MR) is 32.3 cm³/mol. The Hall–Kier alpha value is 0.826. The fourth-order valence-electron chi connectivity index (χ4n) is 0.476. The third kappa shape index (κ3) is 2.83. The second-order valence-corrected chi connectivity index (χ2v) is 3.03. The molecule has 0 bridgehead atoms. The average molecular weight is 184 g/mol. The number of aromatic amines is 1. The van der Waals surface area contributed by atoms with Gasteiger partial charge < -0.3 is 10.1 Å². The van der Waals surface area contributed by atoms with Gasteiger partial charge in [0.2, 0.25) is 0 Å². The van der Waals surface area contributed by atoms with E-state index in [9.17, 15) is 8.42 Å². The SMILES string of the molecule is [K+].[NH-]S(=O)(=O)c1cc[nH]c1. The molecule has 1 aromatic rings. The van der Waals surface area contributed by atoms with Crippen molar-refractivity contribution in [1.82, 2.24) is 4.98 Å². The summed E-state index contributed by atoms with van der Waals surface area (Å²) in [4.78, 5) is 2.54. The van der Waals surface area contributed by atoms with E-state index in [1.807, 2.05) is 0 Å². The van der Waals surface area contributed by atoms with Crippen molar-refractivity contribution in [2.75, 3.05) is 0 Å². The molecule has 0 saturated carbocycles. The first-order valence-electron chi connectivity index (χ1n) is 2.23. The second kappa shape index (κ2) is 4.00. The Morgan fingerprint density at radius 1 is 1.50 bits per heavy atom. The van der Waals surface area contributed by atoms with Crippen molar-refractivity contribution < 1.29 is 59.8 Å². The van der Waals surface area contributed by atoms with Crippen LogP contribution in [0.15, 0.2) is 23.4 Å². The van der Waals surface area contributed by atoms with Gasteiger partial charge in [-0.3, -0.25) is 0 Å². The Morgan fingerprint density at radius 3 is 2.30 bits per heavy atom. The molecule has 1 aromatic heterocycles. The maximum atomic E-state index is 10.3. The number of rotatable bonds is 1. The normalized spacial score (nSPS) is 10.5. The smallest absolute Gasteiger partial charge is 0.560 e. The summed E-state index contributed by atoms with van der Waals surface area (Å²) < 4.78 is 20.7. The molecular formula is C4H5KN2O2S. The molecule has 50 valence electrons. The number of hydrogen-bond acceptors (Lipinski definition) is 2. The molecule has 1 heterocycles. The van der Waals surface area contributed by atoms with E-state index < -0.39 is 10.0 Å². The van der Waals surface area contributed by atoms with Gasteiger partial charge in [-0.05, 0) is 6.07 Å². The van der Waals surface area contributed by atoms with E-state index in [1.54, 1.807) is 0 Å². The number of sulfonamides is 1. The second-order valence-electron chi connectivity index (χ2n) is 1.55. The van der Waals surface area contributed by atoms with Gasteiger partial charge >= 0.3 is 51.4 Å². The van der Waals surface area contributed by atoms with Crippen LogP contribution in [0.4, 0.5) is 0 Å². The molecule has 0 aliphatic heterocycles. The first-order valence-corrected chi connectivity index (χ1v) is 3.71. The topological polar surface area (TPSA) is 73.7 Å². The minimum Gasteiger partial charge on any atom is -0.560 e. The van der Waals surface area contributed by atoms with Gasteiger partial charge in [0.25, 0.3) is 0 Å². The zero-order chi connectivity index (χ0) is 6.91. The summed E-state index contributed by atoms with van der Waals surface area (Å²) in [6.07, 6.45) is 2.73. The van der Waals surface area contributed by atoms with Crippen molar-refractivity contribution in [2.24, 2.45) is 0 Å². The summed E-state index contributed by atoms with van der Waals surface area (Å²) in [5.41, 5.74) is 0. The van der Waals surface area contributed by atoms with Crippen molar-refractivity contribution in [3.63, 3.8) is 0 Å². The van der Waals surface area contributed by atoms with E-state index >= 15 is 0 Å². The fraction of sp³-hybridized carbons (Fsp3) is 0. The zero-order valence-electron chi connectivity index (χ0n) is 5.46. The predicted octanol–water partition coefficient (Wildman–Crippen LogP) is -2.24. The summed E-state index contributed by atoms with van der Waals surface area (Å²) in [6.45, 7) is 0. The zero-order valence-corrected chi connectivity index (χ0v) is 9.40. The Balaban J connectivity index is 0.000000810. The Morgan fingerprint density at radius 2 is 2.10 bits per heavy atom. The minimum atomic E-state index is -3.74. The Kier molecular flexibility index (Phi) is 4.34. The molecule has 0 fully saturated rings. The van der Waals surface area contributed by atoms with E-state index in [0.29, 0.717) is 0 Å². The maximum absolute atomic E-state index is 10.3. The molecule has 0 radical (unpaired) electrons. The van der Waals surface area contributed by atoms with Gasteiger partial charge in [-0.25, -0.2) is 8.42 Å². The Labute approximate surface area is 102 Å². The van der Waals surface area contributed by atoms with Crippen molar-refractivity contribution in [1.29, 1.82) is 0 Å². The number of nitrogens with one attached hydrogen (secondary N) is 2. The summed E-state index contributed by atoms with van der Waals surface area (Å²) in [5.74, 6) is 0. The first-order chi connectivity index (χ1) is 4.11. The number of hydrogen-bond donors (Lipinski definition) is 1. The van der Waals surface area contributed by atoms with Gasteiger partial charge in [0, 0.05) is 12.4 Å². The molecule has 0 aliphatic rings. The van der Waals surface area contributed by atoms with Gasteiger partial charge in [0.15, 0.2) is 0 Å². The summed E-state index contributed by atoms with van der Waals surface area (Å²) in [7, 11) is -3.74. The summed E-state index contributed by atoms with van der Waals surface area (Å²) in [5, 5.41) is 6.54. The van der Waals surface area contributed by atoms with Crippen molar-refractivity contribution in [3.05, 3.63) is 23.6 Å². The summed E-state index contributed by atoms with van der Waals surface area (Å²) >= 11 is 0. The van der Waals surface area contributed by atoms with E-state index in [1.165, 1.54) is 18.5 Å². The van der Waals surface area contributed by atoms with Crippen LogP contribution < -0.4 is 51.4 Å². The Bertz CT molecular complexity index is 278. The molecule has 0 amide bonds. The van der Waals surface area contributed by atoms with Gasteiger partial charge in [-0.2, -0.15) is 0 Å². The third-order valence-corrected chi connectivity index (χ3v) is 1.75. The van der Waals surface area contributed by atoms with Gasteiger partial charge in [-0.1, -0.05) is 0 Å². The van der Waals surface area contributed by atoms with Crippen LogP contribution in [0.25, 0.3) is 5.14 Å². The molecule has 2 N–H and O–H groups in total. The molecule has 0 saturated heterocycles. The quantitative estimate of drug-likeness (QED) is 0.501. The van der Waals surface area contributed by atoms with Gasteiger partial charge in [-0.15, -0.1) is 0 Å². The average Bonchev–Trinajstić information content (AvgIpc) is 2.08. The monoisotopic (exact) mass is 184 g/mol. The van der Waals surface area contributed by atoms with Crippen LogP contribution in [0.5, 0.6) is 0 Å². The molecule has 0 aliphatic carbocycles. The van der Waals surface area contributed by atoms with Gasteiger partial charge in [0.1, 0.15) is 10.0 Å². The molecule has 0 spiro atoms. The molecule has 0 unspecified atom stereocenters. The van der Waals surface area contributed by atoms with Crippen LogP contribution >= 0.6 is 0 Å². The standard InChI is InChI=1S/C4H5N2O2S.K/c5-9(7,8)4-1-2-6-3-4;/h1-3,6H,(H-,5,7,8);/q-1;+1. The molecule has 10 heavy (non-hydrogen) atoms. The van der Waals surface area contributed by atoms with Crippen LogP contribution in [0.2, 0.25) is 0 Å². The molecule has 0 aromatic carbocycles. The van der Waals surface area contributed by atoms with Crippen LogP contribution in [0, 0.1) is 0 Å². The molecule has 1 rings (SSSR count). The van der Waals surface area contributed by atoms with E-state index in [4.69, 9.17) is 5.14 Å². The molecular weight excluding hydrogens is 179 g/mol. The minimum absolute atomic E-state index is 0. The summed E-state index contributed by atoms with van der Waals surface area (Å²) in [6, 6.07) is 1.34. The first kappa shape index (κ1) is 10.8. The van der Waals surface area contributed by atoms with Crippen molar-refractivity contribution >= 4 is 10.0 Å². The maximum Gasteiger partial charge on any atom is 1.00 e. The number of aromatic nitrogens is 1. The van der Waals surface area contributed by atoms with Crippen LogP contribution in [0.3, 0.4) is 0 Å². The van der Waals surface area contributed by atoms with E-state index in [2.05, 4.69) is 4.98 Å². The van der Waals surface area contributed by atoms with Gasteiger partial charge in [0.05, 0.1) is 4.90 Å². The molecule has 6 heteroatoms. The third-order valence-electron chi connectivity index (χ3n) is 0.880. The van der Waals surface area contributed by atoms with E-state index in [0.717, 1.165) is 0 Å². The van der Waals surface area contributed by atoms with Crippen LogP contribution in [0.1, 0.15) is 0 Å². The number of H-pyrrole nitrogens is 1. The van der Waals surface area contributed by atoms with Crippen molar-refractivity contribution in [3.8, 4) is 0 Å². The van der Waals surface area contributed by atoms with E-state index in [-0.39, 0.29) is 56.3 Å². The molecule has 0 atom stereocenters. The fourth-order valence-corrected chi connectivity index (χ4v) is 0.946. The van der Waals surface area contributed by atoms with Crippen LogP contribution in [-0.2, 0) is 10.0 Å². The molecule has 4 nitrogen and oxygen atoms in total.